The van der Waals surface area contributed by atoms with E-state index >= 15 is 0 Å². The Kier molecular flexibility index (Phi) is 3.91. The van der Waals surface area contributed by atoms with E-state index < -0.39 is 5.60 Å². The highest BCUT2D eigenvalue weighted by atomic mass is 35.5. The molecule has 0 saturated carbocycles. The van der Waals surface area contributed by atoms with E-state index in [0.717, 1.165) is 0 Å². The van der Waals surface area contributed by atoms with Crippen molar-refractivity contribution in [3.63, 3.8) is 0 Å². The molecule has 0 aromatic heterocycles. The van der Waals surface area contributed by atoms with Crippen molar-refractivity contribution < 1.29 is 5.11 Å². The van der Waals surface area contributed by atoms with Gasteiger partial charge in [0.25, 0.3) is 0 Å². The Hall–Kier alpha value is -0.0100. The van der Waals surface area contributed by atoms with Gasteiger partial charge in [0, 0.05) is 5.88 Å². The Balaban J connectivity index is 3.70. The zero-order valence-electron chi connectivity index (χ0n) is 5.89. The molecule has 0 heterocycles. The molecule has 9 heavy (non-hydrogen) atoms. The van der Waals surface area contributed by atoms with Crippen molar-refractivity contribution in [3.8, 4) is 0 Å². The van der Waals surface area contributed by atoms with Gasteiger partial charge in [0.1, 0.15) is 0 Å². The molecule has 0 bridgehead atoms. The van der Waals surface area contributed by atoms with Crippen LogP contribution in [0.2, 0.25) is 0 Å². The lowest BCUT2D eigenvalue weighted by Gasteiger charge is -2.16. The van der Waals surface area contributed by atoms with Gasteiger partial charge in [0.15, 0.2) is 0 Å². The summed E-state index contributed by atoms with van der Waals surface area (Å²) in [5.41, 5.74) is -0.712. The summed E-state index contributed by atoms with van der Waals surface area (Å²) in [4.78, 5) is 0. The number of hydrogen-bond donors (Lipinski definition) is 1. The maximum atomic E-state index is 9.34. The highest BCUT2D eigenvalue weighted by Crippen LogP contribution is 2.11. The standard InChI is InChI=1S/C7H13ClO/c1-3-4-7(2,9)5-6-8/h3-4,9H,5-6H2,1-2H3/b4-3-. The van der Waals surface area contributed by atoms with Crippen molar-refractivity contribution in [1.82, 2.24) is 0 Å². The van der Waals surface area contributed by atoms with Crippen molar-refractivity contribution in [2.75, 3.05) is 5.88 Å². The lowest BCUT2D eigenvalue weighted by molar-refractivity contribution is 0.108. The molecule has 0 amide bonds. The molecule has 0 aliphatic rings. The maximum absolute atomic E-state index is 9.34. The number of allylic oxidation sites excluding steroid dienone is 1. The van der Waals surface area contributed by atoms with Crippen LogP contribution in [0.4, 0.5) is 0 Å². The number of aliphatic hydroxyl groups is 1. The molecular formula is C7H13ClO. The molecule has 54 valence electrons. The number of alkyl halides is 1. The fourth-order valence-electron chi connectivity index (χ4n) is 0.634. The van der Waals surface area contributed by atoms with Crippen LogP contribution in [0, 0.1) is 0 Å². The quantitative estimate of drug-likeness (QED) is 0.479. The van der Waals surface area contributed by atoms with Gasteiger partial charge in [-0.2, -0.15) is 0 Å². The summed E-state index contributed by atoms with van der Waals surface area (Å²) < 4.78 is 0. The highest BCUT2D eigenvalue weighted by molar-refractivity contribution is 6.17. The fraction of sp³-hybridized carbons (Fsp3) is 0.714. The highest BCUT2D eigenvalue weighted by Gasteiger charge is 2.13. The molecule has 0 aromatic rings. The fourth-order valence-corrected chi connectivity index (χ4v) is 1.02. The third kappa shape index (κ3) is 4.49. The van der Waals surface area contributed by atoms with Gasteiger partial charge < -0.3 is 5.11 Å². The Labute approximate surface area is 61.3 Å². The molecule has 1 unspecified atom stereocenters. The Morgan fingerprint density at radius 3 is 2.56 bits per heavy atom. The first-order valence-electron chi connectivity index (χ1n) is 3.04. The lowest BCUT2D eigenvalue weighted by atomic mass is 10.0. The summed E-state index contributed by atoms with van der Waals surface area (Å²) in [6, 6.07) is 0. The maximum Gasteiger partial charge on any atom is 0.0810 e. The van der Waals surface area contributed by atoms with Crippen LogP contribution in [0.15, 0.2) is 12.2 Å². The molecule has 0 spiro atoms. The largest absolute Gasteiger partial charge is 0.386 e. The normalized spacial score (nSPS) is 18.2. The second-order valence-corrected chi connectivity index (χ2v) is 2.67. The molecule has 1 nitrogen and oxygen atoms in total. The topological polar surface area (TPSA) is 20.2 Å². The summed E-state index contributed by atoms with van der Waals surface area (Å²) >= 11 is 5.43. The van der Waals surface area contributed by atoms with E-state index in [-0.39, 0.29) is 0 Å². The smallest absolute Gasteiger partial charge is 0.0810 e. The zero-order chi connectivity index (χ0) is 7.33. The summed E-state index contributed by atoms with van der Waals surface area (Å²) in [6.07, 6.45) is 4.18. The molecule has 0 rings (SSSR count). The molecule has 2 heteroatoms. The molecule has 1 N–H and O–H groups in total. The van der Waals surface area contributed by atoms with E-state index in [4.69, 9.17) is 11.6 Å². The number of rotatable bonds is 3. The van der Waals surface area contributed by atoms with Crippen LogP contribution in [-0.4, -0.2) is 16.6 Å². The minimum atomic E-state index is -0.712. The van der Waals surface area contributed by atoms with Gasteiger partial charge in [-0.25, -0.2) is 0 Å². The third-order valence-corrected chi connectivity index (χ3v) is 1.32. The molecule has 0 fully saturated rings. The van der Waals surface area contributed by atoms with Crippen molar-refractivity contribution in [3.05, 3.63) is 12.2 Å². The van der Waals surface area contributed by atoms with Crippen LogP contribution in [0.25, 0.3) is 0 Å². The summed E-state index contributed by atoms with van der Waals surface area (Å²) in [6.45, 7) is 3.62. The lowest BCUT2D eigenvalue weighted by Crippen LogP contribution is -2.20. The molecule has 0 aliphatic carbocycles. The van der Waals surface area contributed by atoms with Crippen LogP contribution in [0.1, 0.15) is 20.3 Å². The van der Waals surface area contributed by atoms with Gasteiger partial charge in [-0.15, -0.1) is 11.6 Å². The molecule has 1 atom stereocenters. The number of halogens is 1. The first kappa shape index (κ1) is 8.99. The van der Waals surface area contributed by atoms with E-state index in [1.807, 2.05) is 13.0 Å². The van der Waals surface area contributed by atoms with E-state index in [0.29, 0.717) is 12.3 Å². The van der Waals surface area contributed by atoms with Gasteiger partial charge in [0.05, 0.1) is 5.60 Å². The van der Waals surface area contributed by atoms with Gasteiger partial charge in [0.2, 0.25) is 0 Å². The minimum Gasteiger partial charge on any atom is -0.386 e. The van der Waals surface area contributed by atoms with Crippen molar-refractivity contribution in [2.24, 2.45) is 0 Å². The van der Waals surface area contributed by atoms with Gasteiger partial charge in [-0.1, -0.05) is 12.2 Å². The Bertz CT molecular complexity index is 97.1. The van der Waals surface area contributed by atoms with Crippen LogP contribution in [0.3, 0.4) is 0 Å². The van der Waals surface area contributed by atoms with E-state index in [1.54, 1.807) is 13.0 Å². The van der Waals surface area contributed by atoms with Crippen molar-refractivity contribution in [2.45, 2.75) is 25.9 Å². The van der Waals surface area contributed by atoms with E-state index in [9.17, 15) is 5.11 Å². The van der Waals surface area contributed by atoms with E-state index in [2.05, 4.69) is 0 Å². The predicted molar refractivity (Wildman–Crippen MR) is 40.8 cm³/mol. The monoisotopic (exact) mass is 148 g/mol. The molecule has 0 radical (unpaired) electrons. The predicted octanol–water partition coefficient (Wildman–Crippen LogP) is 1.94. The molecule has 0 aliphatic heterocycles. The van der Waals surface area contributed by atoms with Crippen molar-refractivity contribution >= 4 is 11.6 Å². The summed E-state index contributed by atoms with van der Waals surface area (Å²) in [5.74, 6) is 0.497. The van der Waals surface area contributed by atoms with Gasteiger partial charge in [-0.05, 0) is 20.3 Å². The van der Waals surface area contributed by atoms with Crippen LogP contribution >= 0.6 is 11.6 Å². The first-order chi connectivity index (χ1) is 4.12. The van der Waals surface area contributed by atoms with Gasteiger partial charge >= 0.3 is 0 Å². The van der Waals surface area contributed by atoms with Crippen molar-refractivity contribution in [1.29, 1.82) is 0 Å². The molecular weight excluding hydrogens is 136 g/mol. The summed E-state index contributed by atoms with van der Waals surface area (Å²) in [5, 5.41) is 9.34. The van der Waals surface area contributed by atoms with Crippen LogP contribution in [0.5, 0.6) is 0 Å². The second-order valence-electron chi connectivity index (χ2n) is 2.30. The first-order valence-corrected chi connectivity index (χ1v) is 3.58. The minimum absolute atomic E-state index is 0.497. The average Bonchev–Trinajstić information content (AvgIpc) is 1.64. The van der Waals surface area contributed by atoms with Gasteiger partial charge in [-0.3, -0.25) is 0 Å². The van der Waals surface area contributed by atoms with Crippen LogP contribution < -0.4 is 0 Å². The summed E-state index contributed by atoms with van der Waals surface area (Å²) in [7, 11) is 0. The molecule has 0 saturated heterocycles. The SMILES string of the molecule is C/C=C\C(C)(O)CCCl. The van der Waals surface area contributed by atoms with Crippen LogP contribution in [-0.2, 0) is 0 Å². The Morgan fingerprint density at radius 2 is 2.22 bits per heavy atom. The Morgan fingerprint density at radius 1 is 1.67 bits per heavy atom. The molecule has 0 aromatic carbocycles. The average molecular weight is 149 g/mol. The second kappa shape index (κ2) is 3.91. The van der Waals surface area contributed by atoms with E-state index in [1.165, 1.54) is 0 Å². The number of hydrogen-bond acceptors (Lipinski definition) is 1. The zero-order valence-corrected chi connectivity index (χ0v) is 6.65. The third-order valence-electron chi connectivity index (χ3n) is 1.13.